The van der Waals surface area contributed by atoms with Gasteiger partial charge in [0.25, 0.3) is 0 Å². The van der Waals surface area contributed by atoms with E-state index in [2.05, 4.69) is 15.8 Å². The second kappa shape index (κ2) is 5.43. The zero-order valence-corrected chi connectivity index (χ0v) is 11.0. The van der Waals surface area contributed by atoms with Crippen molar-refractivity contribution in [2.24, 2.45) is 0 Å². The number of hydrogen-bond acceptors (Lipinski definition) is 4. The van der Waals surface area contributed by atoms with E-state index in [1.54, 1.807) is 26.2 Å². The fraction of sp³-hybridized carbons (Fsp3) is 0.231. The van der Waals surface area contributed by atoms with Gasteiger partial charge in [0.1, 0.15) is 11.5 Å². The number of nitrogens with one attached hydrogen (secondary N) is 2. The van der Waals surface area contributed by atoms with Crippen molar-refractivity contribution < 1.29 is 14.1 Å². The fourth-order valence-corrected chi connectivity index (χ4v) is 1.61. The van der Waals surface area contributed by atoms with Crippen LogP contribution in [0.5, 0.6) is 5.75 Å². The quantitative estimate of drug-likeness (QED) is 0.890. The van der Waals surface area contributed by atoms with Crippen molar-refractivity contribution in [1.29, 1.82) is 0 Å². The maximum Gasteiger partial charge on any atom is 0.325 e. The lowest BCUT2D eigenvalue weighted by molar-refractivity contribution is 0.261. The Morgan fingerprint density at radius 3 is 2.68 bits per heavy atom. The van der Waals surface area contributed by atoms with Crippen molar-refractivity contribution in [1.82, 2.24) is 5.16 Å². The molecule has 6 nitrogen and oxygen atoms in total. The van der Waals surface area contributed by atoms with Crippen LogP contribution in [-0.4, -0.2) is 18.3 Å². The van der Waals surface area contributed by atoms with Crippen LogP contribution >= 0.6 is 0 Å². The molecule has 0 bridgehead atoms. The molecule has 0 aliphatic rings. The standard InChI is InChI=1S/C13H15N3O3/c1-8-4-5-11(18-3)10(6-8)14-13(17)15-12-7-9(2)19-16-12/h4-7H,1-3H3,(H2,14,15,16,17). The molecule has 100 valence electrons. The third kappa shape index (κ3) is 3.25. The third-order valence-corrected chi connectivity index (χ3v) is 2.47. The summed E-state index contributed by atoms with van der Waals surface area (Å²) in [7, 11) is 1.55. The number of hydrogen-bond donors (Lipinski definition) is 2. The van der Waals surface area contributed by atoms with Crippen LogP contribution in [0.15, 0.2) is 28.8 Å². The minimum absolute atomic E-state index is 0.363. The summed E-state index contributed by atoms with van der Waals surface area (Å²) in [6, 6.07) is 6.75. The first kappa shape index (κ1) is 12.9. The topological polar surface area (TPSA) is 76.4 Å². The van der Waals surface area contributed by atoms with Crippen LogP contribution < -0.4 is 15.4 Å². The van der Waals surface area contributed by atoms with E-state index in [-0.39, 0.29) is 0 Å². The lowest BCUT2D eigenvalue weighted by Gasteiger charge is -2.10. The molecular weight excluding hydrogens is 246 g/mol. The molecule has 1 aromatic carbocycles. The Labute approximate surface area is 110 Å². The van der Waals surface area contributed by atoms with Crippen molar-refractivity contribution in [2.45, 2.75) is 13.8 Å². The molecule has 0 aliphatic carbocycles. The van der Waals surface area contributed by atoms with Crippen LogP contribution in [0.4, 0.5) is 16.3 Å². The first-order chi connectivity index (χ1) is 9.08. The normalized spacial score (nSPS) is 10.1. The number of urea groups is 1. The first-order valence-corrected chi connectivity index (χ1v) is 5.74. The number of nitrogens with zero attached hydrogens (tertiary/aromatic N) is 1. The van der Waals surface area contributed by atoms with Crippen LogP contribution in [-0.2, 0) is 0 Å². The van der Waals surface area contributed by atoms with E-state index < -0.39 is 6.03 Å². The van der Waals surface area contributed by atoms with E-state index in [1.165, 1.54) is 0 Å². The number of benzene rings is 1. The molecule has 1 aromatic heterocycles. The average Bonchev–Trinajstić information content (AvgIpc) is 2.75. The fourth-order valence-electron chi connectivity index (χ4n) is 1.61. The van der Waals surface area contributed by atoms with Crippen LogP contribution in [0, 0.1) is 13.8 Å². The molecule has 19 heavy (non-hydrogen) atoms. The smallest absolute Gasteiger partial charge is 0.325 e. The number of ether oxygens (including phenoxy) is 1. The van der Waals surface area contributed by atoms with Gasteiger partial charge in [-0.15, -0.1) is 0 Å². The number of aryl methyl sites for hydroxylation is 2. The lowest BCUT2D eigenvalue weighted by Crippen LogP contribution is -2.20. The van der Waals surface area contributed by atoms with Crippen LogP contribution in [0.3, 0.4) is 0 Å². The molecule has 2 N–H and O–H groups in total. The van der Waals surface area contributed by atoms with E-state index in [1.807, 2.05) is 19.1 Å². The van der Waals surface area contributed by atoms with Crippen molar-refractivity contribution in [3.8, 4) is 5.75 Å². The zero-order valence-electron chi connectivity index (χ0n) is 11.0. The van der Waals surface area contributed by atoms with Crippen molar-refractivity contribution in [3.63, 3.8) is 0 Å². The van der Waals surface area contributed by atoms with E-state index in [0.717, 1.165) is 5.56 Å². The maximum atomic E-state index is 11.8. The summed E-state index contributed by atoms with van der Waals surface area (Å²) in [4.78, 5) is 11.8. The minimum atomic E-state index is -0.405. The van der Waals surface area contributed by atoms with Gasteiger partial charge in [-0.2, -0.15) is 0 Å². The Morgan fingerprint density at radius 1 is 1.26 bits per heavy atom. The summed E-state index contributed by atoms with van der Waals surface area (Å²) in [6.45, 7) is 3.68. The SMILES string of the molecule is COc1ccc(C)cc1NC(=O)Nc1cc(C)on1. The van der Waals surface area contributed by atoms with Gasteiger partial charge in [0.15, 0.2) is 5.82 Å². The van der Waals surface area contributed by atoms with E-state index in [4.69, 9.17) is 9.26 Å². The third-order valence-electron chi connectivity index (χ3n) is 2.47. The van der Waals surface area contributed by atoms with Gasteiger partial charge in [-0.05, 0) is 31.5 Å². The Hall–Kier alpha value is -2.50. The minimum Gasteiger partial charge on any atom is -0.495 e. The van der Waals surface area contributed by atoms with Gasteiger partial charge in [0.05, 0.1) is 12.8 Å². The monoisotopic (exact) mass is 261 g/mol. The van der Waals surface area contributed by atoms with Crippen LogP contribution in [0.1, 0.15) is 11.3 Å². The molecule has 0 radical (unpaired) electrons. The predicted octanol–water partition coefficient (Wildman–Crippen LogP) is 2.94. The van der Waals surface area contributed by atoms with Gasteiger partial charge in [0.2, 0.25) is 0 Å². The molecule has 0 atom stereocenters. The van der Waals surface area contributed by atoms with Gasteiger partial charge < -0.3 is 14.6 Å². The summed E-state index contributed by atoms with van der Waals surface area (Å²) in [5.74, 6) is 1.59. The molecule has 0 aliphatic heterocycles. The molecule has 0 fully saturated rings. The number of carbonyl (C=O) groups excluding carboxylic acids is 1. The Morgan fingerprint density at radius 2 is 2.05 bits per heavy atom. The molecule has 1 heterocycles. The molecule has 0 unspecified atom stereocenters. The average molecular weight is 261 g/mol. The van der Waals surface area contributed by atoms with Crippen molar-refractivity contribution >= 4 is 17.5 Å². The lowest BCUT2D eigenvalue weighted by atomic mass is 10.2. The summed E-state index contributed by atoms with van der Waals surface area (Å²) < 4.78 is 10.0. The molecular formula is C13H15N3O3. The highest BCUT2D eigenvalue weighted by Crippen LogP contribution is 2.25. The zero-order chi connectivity index (χ0) is 13.8. The van der Waals surface area contributed by atoms with E-state index >= 15 is 0 Å². The molecule has 0 saturated carbocycles. The summed E-state index contributed by atoms with van der Waals surface area (Å²) in [6.07, 6.45) is 0. The highest BCUT2D eigenvalue weighted by molar-refractivity contribution is 6.00. The number of aromatic nitrogens is 1. The molecule has 0 saturated heterocycles. The van der Waals surface area contributed by atoms with Crippen LogP contribution in [0.25, 0.3) is 0 Å². The maximum absolute atomic E-state index is 11.8. The summed E-state index contributed by atoms with van der Waals surface area (Å²) in [5, 5.41) is 8.95. The van der Waals surface area contributed by atoms with E-state index in [9.17, 15) is 4.79 Å². The molecule has 2 amide bonds. The Bertz CT molecular complexity index is 593. The number of carbonyl (C=O) groups is 1. The van der Waals surface area contributed by atoms with E-state index in [0.29, 0.717) is 23.0 Å². The first-order valence-electron chi connectivity index (χ1n) is 5.74. The molecule has 2 aromatic rings. The largest absolute Gasteiger partial charge is 0.495 e. The Balaban J connectivity index is 2.08. The predicted molar refractivity (Wildman–Crippen MR) is 71.6 cm³/mol. The number of amides is 2. The number of methoxy groups -OCH3 is 1. The van der Waals surface area contributed by atoms with Gasteiger partial charge in [-0.1, -0.05) is 11.2 Å². The number of anilines is 2. The van der Waals surface area contributed by atoms with Gasteiger partial charge in [-0.25, -0.2) is 4.79 Å². The second-order valence-electron chi connectivity index (χ2n) is 4.11. The molecule has 6 heteroatoms. The van der Waals surface area contributed by atoms with Gasteiger partial charge in [-0.3, -0.25) is 5.32 Å². The van der Waals surface area contributed by atoms with Crippen molar-refractivity contribution in [2.75, 3.05) is 17.7 Å². The van der Waals surface area contributed by atoms with Gasteiger partial charge in [0, 0.05) is 6.07 Å². The molecule has 2 rings (SSSR count). The molecule has 0 spiro atoms. The van der Waals surface area contributed by atoms with Crippen LogP contribution in [0.2, 0.25) is 0 Å². The highest BCUT2D eigenvalue weighted by Gasteiger charge is 2.09. The Kier molecular flexibility index (Phi) is 3.70. The van der Waals surface area contributed by atoms with Gasteiger partial charge >= 0.3 is 6.03 Å². The summed E-state index contributed by atoms with van der Waals surface area (Å²) >= 11 is 0. The summed E-state index contributed by atoms with van der Waals surface area (Å²) in [5.41, 5.74) is 1.62. The number of rotatable bonds is 3. The second-order valence-corrected chi connectivity index (χ2v) is 4.11. The van der Waals surface area contributed by atoms with Crippen molar-refractivity contribution in [3.05, 3.63) is 35.6 Å². The highest BCUT2D eigenvalue weighted by atomic mass is 16.5.